The fraction of sp³-hybridized carbons (Fsp3) is 0.467. The molecule has 0 aliphatic carbocycles. The molecule has 1 N–H and O–H groups in total. The highest BCUT2D eigenvalue weighted by Gasteiger charge is 2.07. The lowest BCUT2D eigenvalue weighted by Gasteiger charge is -2.13. The molecule has 0 bridgehead atoms. The Labute approximate surface area is 125 Å². The van der Waals surface area contributed by atoms with E-state index >= 15 is 0 Å². The van der Waals surface area contributed by atoms with Gasteiger partial charge in [0.1, 0.15) is 18.7 Å². The summed E-state index contributed by atoms with van der Waals surface area (Å²) in [5.74, 6) is 1.67. The molecule has 0 amide bonds. The quantitative estimate of drug-likeness (QED) is 0.745. The van der Waals surface area contributed by atoms with Crippen LogP contribution < -0.4 is 10.1 Å². The van der Waals surface area contributed by atoms with Gasteiger partial charge in [-0.05, 0) is 13.0 Å². The minimum Gasteiger partial charge on any atom is -0.485 e. The summed E-state index contributed by atoms with van der Waals surface area (Å²) >= 11 is 0. The van der Waals surface area contributed by atoms with E-state index in [0.29, 0.717) is 13.2 Å². The lowest BCUT2D eigenvalue weighted by Crippen LogP contribution is -2.19. The van der Waals surface area contributed by atoms with Crippen LogP contribution in [0.3, 0.4) is 0 Å². The van der Waals surface area contributed by atoms with E-state index in [1.807, 2.05) is 19.2 Å². The predicted molar refractivity (Wildman–Crippen MR) is 80.1 cm³/mol. The van der Waals surface area contributed by atoms with Crippen LogP contribution in [0.1, 0.15) is 17.0 Å². The Balaban J connectivity index is 1.99. The number of benzene rings is 1. The third-order valence-corrected chi connectivity index (χ3v) is 3.18. The number of hydrogen-bond acceptors (Lipinski definition) is 5. The van der Waals surface area contributed by atoms with Crippen LogP contribution in [0.15, 0.2) is 24.5 Å². The summed E-state index contributed by atoms with van der Waals surface area (Å²) in [6, 6.07) is 6.18. The van der Waals surface area contributed by atoms with Crippen LogP contribution in [0, 0.1) is 6.92 Å². The van der Waals surface area contributed by atoms with E-state index < -0.39 is 0 Å². The van der Waals surface area contributed by atoms with E-state index in [1.54, 1.807) is 11.8 Å². The van der Waals surface area contributed by atoms with Crippen molar-refractivity contribution in [3.8, 4) is 5.75 Å². The Bertz CT molecular complexity index is 569. The first-order chi connectivity index (χ1) is 10.2. The number of hydrogen-bond donors (Lipinski definition) is 1. The van der Waals surface area contributed by atoms with Crippen LogP contribution in [0.5, 0.6) is 5.75 Å². The van der Waals surface area contributed by atoms with Gasteiger partial charge >= 0.3 is 0 Å². The normalized spacial score (nSPS) is 10.8. The molecule has 0 unspecified atom stereocenters. The van der Waals surface area contributed by atoms with Gasteiger partial charge in [-0.15, -0.1) is 0 Å². The molecule has 1 heterocycles. The largest absolute Gasteiger partial charge is 0.485 e. The minimum atomic E-state index is 0.407. The number of ether oxygens (including phenoxy) is 2. The second kappa shape index (κ2) is 7.75. The van der Waals surface area contributed by atoms with Crippen LogP contribution in [0.4, 0.5) is 0 Å². The average molecular weight is 290 g/mol. The molecule has 6 heteroatoms. The van der Waals surface area contributed by atoms with Gasteiger partial charge in [0.2, 0.25) is 0 Å². The van der Waals surface area contributed by atoms with Crippen molar-refractivity contribution in [2.75, 3.05) is 20.3 Å². The molecule has 0 aliphatic heterocycles. The van der Waals surface area contributed by atoms with Gasteiger partial charge in [-0.2, -0.15) is 5.10 Å². The van der Waals surface area contributed by atoms with Gasteiger partial charge in [-0.25, -0.2) is 4.98 Å². The SMILES string of the molecule is COCCNCc1cc(C)ccc1OCc1ncnn1C. The summed E-state index contributed by atoms with van der Waals surface area (Å²) in [5, 5.41) is 7.37. The van der Waals surface area contributed by atoms with E-state index in [0.717, 1.165) is 30.2 Å². The molecule has 0 aliphatic rings. The number of nitrogens with one attached hydrogen (secondary N) is 1. The number of nitrogens with zero attached hydrogens (tertiary/aromatic N) is 3. The summed E-state index contributed by atoms with van der Waals surface area (Å²) in [6.07, 6.45) is 1.53. The molecule has 1 aromatic heterocycles. The molecule has 6 nitrogen and oxygen atoms in total. The Hall–Kier alpha value is -1.92. The van der Waals surface area contributed by atoms with Crippen molar-refractivity contribution in [2.24, 2.45) is 7.05 Å². The van der Waals surface area contributed by atoms with E-state index in [1.165, 1.54) is 11.9 Å². The molecular weight excluding hydrogens is 268 g/mol. The van der Waals surface area contributed by atoms with Crippen LogP contribution >= 0.6 is 0 Å². The van der Waals surface area contributed by atoms with E-state index in [2.05, 4.69) is 28.4 Å². The van der Waals surface area contributed by atoms with Gasteiger partial charge in [-0.3, -0.25) is 4.68 Å². The fourth-order valence-corrected chi connectivity index (χ4v) is 1.98. The smallest absolute Gasteiger partial charge is 0.164 e. The zero-order chi connectivity index (χ0) is 15.1. The van der Waals surface area contributed by atoms with Crippen LogP contribution in [-0.4, -0.2) is 35.0 Å². The molecule has 0 saturated heterocycles. The number of rotatable bonds is 8. The Morgan fingerprint density at radius 1 is 1.33 bits per heavy atom. The zero-order valence-corrected chi connectivity index (χ0v) is 12.8. The molecule has 0 atom stereocenters. The van der Waals surface area contributed by atoms with Gasteiger partial charge in [0.05, 0.1) is 6.61 Å². The van der Waals surface area contributed by atoms with E-state index in [9.17, 15) is 0 Å². The molecule has 0 radical (unpaired) electrons. The Morgan fingerprint density at radius 3 is 2.90 bits per heavy atom. The lowest BCUT2D eigenvalue weighted by molar-refractivity contribution is 0.199. The first kappa shape index (κ1) is 15.5. The molecule has 1 aromatic carbocycles. The molecule has 21 heavy (non-hydrogen) atoms. The van der Waals surface area contributed by atoms with Gasteiger partial charge in [0, 0.05) is 32.8 Å². The maximum Gasteiger partial charge on any atom is 0.164 e. The van der Waals surface area contributed by atoms with Crippen molar-refractivity contribution in [3.05, 3.63) is 41.5 Å². The molecular formula is C15H22N4O2. The van der Waals surface area contributed by atoms with Crippen LogP contribution in [0.25, 0.3) is 0 Å². The zero-order valence-electron chi connectivity index (χ0n) is 12.8. The lowest BCUT2D eigenvalue weighted by atomic mass is 10.1. The third kappa shape index (κ3) is 4.54. The maximum absolute atomic E-state index is 5.88. The van der Waals surface area contributed by atoms with Crippen molar-refractivity contribution in [2.45, 2.75) is 20.1 Å². The van der Waals surface area contributed by atoms with Crippen LogP contribution in [0.2, 0.25) is 0 Å². The van der Waals surface area contributed by atoms with Gasteiger partial charge in [0.15, 0.2) is 5.82 Å². The molecule has 0 spiro atoms. The third-order valence-electron chi connectivity index (χ3n) is 3.18. The first-order valence-electron chi connectivity index (χ1n) is 6.95. The highest BCUT2D eigenvalue weighted by atomic mass is 16.5. The Kier molecular flexibility index (Phi) is 5.71. The highest BCUT2D eigenvalue weighted by molar-refractivity contribution is 5.36. The standard InChI is InChI=1S/C15H22N4O2/c1-12-4-5-14(13(8-12)9-16-6-7-20-3)21-10-15-17-11-18-19(15)2/h4-5,8,11,16H,6-7,9-10H2,1-3H3. The predicted octanol–water partition coefficient (Wildman–Crippen LogP) is 1.44. The maximum atomic E-state index is 5.88. The molecule has 2 rings (SSSR count). The topological polar surface area (TPSA) is 61.2 Å². The van der Waals surface area contributed by atoms with Gasteiger partial charge < -0.3 is 14.8 Å². The molecule has 0 saturated carbocycles. The summed E-state index contributed by atoms with van der Waals surface area (Å²) in [6.45, 7) is 4.74. The summed E-state index contributed by atoms with van der Waals surface area (Å²) in [7, 11) is 3.55. The monoisotopic (exact) mass is 290 g/mol. The second-order valence-corrected chi connectivity index (χ2v) is 4.87. The molecule has 0 fully saturated rings. The van der Waals surface area contributed by atoms with Crippen LogP contribution in [-0.2, 0) is 24.9 Å². The van der Waals surface area contributed by atoms with E-state index in [-0.39, 0.29) is 0 Å². The van der Waals surface area contributed by atoms with Gasteiger partial charge in [0.25, 0.3) is 0 Å². The van der Waals surface area contributed by atoms with Crippen molar-refractivity contribution in [3.63, 3.8) is 0 Å². The average Bonchev–Trinajstić information content (AvgIpc) is 2.88. The van der Waals surface area contributed by atoms with Crippen molar-refractivity contribution in [1.29, 1.82) is 0 Å². The molecule has 2 aromatic rings. The Morgan fingerprint density at radius 2 is 2.19 bits per heavy atom. The van der Waals surface area contributed by atoms with Gasteiger partial charge in [-0.1, -0.05) is 17.7 Å². The highest BCUT2D eigenvalue weighted by Crippen LogP contribution is 2.20. The number of aromatic nitrogens is 3. The molecule has 114 valence electrons. The number of methoxy groups -OCH3 is 1. The summed E-state index contributed by atoms with van der Waals surface area (Å²) in [4.78, 5) is 4.16. The summed E-state index contributed by atoms with van der Waals surface area (Å²) < 4.78 is 12.6. The first-order valence-corrected chi connectivity index (χ1v) is 6.95. The van der Waals surface area contributed by atoms with Crippen molar-refractivity contribution >= 4 is 0 Å². The van der Waals surface area contributed by atoms with Crippen molar-refractivity contribution in [1.82, 2.24) is 20.1 Å². The number of aryl methyl sites for hydroxylation is 2. The minimum absolute atomic E-state index is 0.407. The second-order valence-electron chi connectivity index (χ2n) is 4.87. The fourth-order valence-electron chi connectivity index (χ4n) is 1.98. The van der Waals surface area contributed by atoms with Crippen molar-refractivity contribution < 1.29 is 9.47 Å². The summed E-state index contributed by atoms with van der Waals surface area (Å²) in [5.41, 5.74) is 2.35. The van der Waals surface area contributed by atoms with E-state index in [4.69, 9.17) is 9.47 Å².